The van der Waals surface area contributed by atoms with Gasteiger partial charge < -0.3 is 9.90 Å². The topological polar surface area (TPSA) is 40.1 Å². The van der Waals surface area contributed by atoms with Gasteiger partial charge in [0.15, 0.2) is 14.7 Å². The van der Waals surface area contributed by atoms with Crippen LogP contribution in [0.1, 0.15) is 70.1 Å². The number of aliphatic carboxylic acids is 1. The fourth-order valence-corrected chi connectivity index (χ4v) is 6.37. The molecule has 2 nitrogen and oxygen atoms in total. The van der Waals surface area contributed by atoms with Crippen molar-refractivity contribution >= 4 is 16.9 Å². The van der Waals surface area contributed by atoms with Gasteiger partial charge >= 0.3 is 0 Å². The van der Waals surface area contributed by atoms with Gasteiger partial charge in [-0.2, -0.15) is 0 Å². The minimum atomic E-state index is -0.995. The summed E-state index contributed by atoms with van der Waals surface area (Å²) in [4.78, 5) is 13.7. The SMILES string of the molecule is CCC(=O)[O-].CCCc1cc(CCC)c([S+](c2ccccc2)c2ccccc2)c(CCC)c1. The van der Waals surface area contributed by atoms with Crippen molar-refractivity contribution in [2.75, 3.05) is 0 Å². The Bertz CT molecular complexity index is 901. The lowest BCUT2D eigenvalue weighted by molar-refractivity contribution is -0.305. The summed E-state index contributed by atoms with van der Waals surface area (Å²) < 4.78 is 0. The van der Waals surface area contributed by atoms with Crippen LogP contribution in [0, 0.1) is 0 Å². The molecule has 0 aliphatic heterocycles. The van der Waals surface area contributed by atoms with E-state index in [1.165, 1.54) is 48.0 Å². The van der Waals surface area contributed by atoms with Crippen LogP contribution in [-0.4, -0.2) is 5.97 Å². The van der Waals surface area contributed by atoms with E-state index in [4.69, 9.17) is 0 Å². The highest BCUT2D eigenvalue weighted by Crippen LogP contribution is 2.37. The summed E-state index contributed by atoms with van der Waals surface area (Å²) >= 11 is 0. The second kappa shape index (κ2) is 14.6. The molecular weight excluding hydrogens is 424 g/mol. The number of benzene rings is 3. The number of hydrogen-bond donors (Lipinski definition) is 0. The summed E-state index contributed by atoms with van der Waals surface area (Å²) in [7, 11) is -0.0529. The predicted octanol–water partition coefficient (Wildman–Crippen LogP) is 6.79. The minimum Gasteiger partial charge on any atom is -0.550 e. The Hall–Kier alpha value is -2.52. The zero-order chi connectivity index (χ0) is 24.1. The fraction of sp³-hybridized carbons (Fsp3) is 0.367. The van der Waals surface area contributed by atoms with E-state index in [1.807, 2.05) is 0 Å². The number of carboxylic acid groups (broad SMARTS) is 1. The van der Waals surface area contributed by atoms with Crippen molar-refractivity contribution < 1.29 is 9.90 Å². The average molecular weight is 463 g/mol. The van der Waals surface area contributed by atoms with E-state index in [0.717, 1.165) is 12.8 Å². The molecule has 3 aromatic rings. The summed E-state index contributed by atoms with van der Waals surface area (Å²) in [6.45, 7) is 8.43. The van der Waals surface area contributed by atoms with Crippen molar-refractivity contribution in [2.24, 2.45) is 0 Å². The fourth-order valence-electron chi connectivity index (χ4n) is 3.92. The van der Waals surface area contributed by atoms with Gasteiger partial charge in [0.2, 0.25) is 0 Å². The number of rotatable bonds is 10. The Morgan fingerprint density at radius 3 is 1.42 bits per heavy atom. The molecule has 0 saturated carbocycles. The van der Waals surface area contributed by atoms with Gasteiger partial charge in [-0.3, -0.25) is 0 Å². The summed E-state index contributed by atoms with van der Waals surface area (Å²) in [6, 6.07) is 27.2. The molecule has 0 heterocycles. The van der Waals surface area contributed by atoms with Crippen molar-refractivity contribution in [1.82, 2.24) is 0 Å². The Balaban J connectivity index is 0.000000696. The third-order valence-electron chi connectivity index (χ3n) is 5.33. The molecule has 0 amide bonds. The number of carbonyl (C=O) groups is 1. The van der Waals surface area contributed by atoms with Crippen molar-refractivity contribution in [1.29, 1.82) is 0 Å². The predicted molar refractivity (Wildman–Crippen MR) is 139 cm³/mol. The van der Waals surface area contributed by atoms with E-state index in [9.17, 15) is 9.90 Å². The van der Waals surface area contributed by atoms with Gasteiger partial charge in [0.25, 0.3) is 0 Å². The van der Waals surface area contributed by atoms with Crippen LogP contribution >= 0.6 is 0 Å². The largest absolute Gasteiger partial charge is 0.550 e. The van der Waals surface area contributed by atoms with Crippen molar-refractivity contribution in [3.63, 3.8) is 0 Å². The highest BCUT2D eigenvalue weighted by atomic mass is 32.2. The van der Waals surface area contributed by atoms with Gasteiger partial charge in [-0.05, 0) is 55.5 Å². The molecule has 0 radical (unpaired) electrons. The van der Waals surface area contributed by atoms with Crippen molar-refractivity contribution in [3.8, 4) is 0 Å². The van der Waals surface area contributed by atoms with Crippen LogP contribution in [-0.2, 0) is 35.0 Å². The van der Waals surface area contributed by atoms with E-state index in [1.54, 1.807) is 16.0 Å². The molecule has 0 aliphatic carbocycles. The first-order valence-corrected chi connectivity index (χ1v) is 13.5. The highest BCUT2D eigenvalue weighted by molar-refractivity contribution is 7.97. The van der Waals surface area contributed by atoms with E-state index < -0.39 is 5.97 Å². The third kappa shape index (κ3) is 8.08. The standard InChI is InChI=1S/C27H33S.C3H6O2/c1-4-13-22-20-23(14-5-2)27(24(21-22)15-6-3)28(25-16-9-7-10-17-25)26-18-11-8-12-19-26;1-2-3(4)5/h7-12,16-21H,4-6,13-15H2,1-3H3;2H2,1H3,(H,4,5)/q+1;/p-1. The highest BCUT2D eigenvalue weighted by Gasteiger charge is 2.33. The molecule has 176 valence electrons. The number of carbonyl (C=O) groups excluding carboxylic acids is 1. The Morgan fingerprint density at radius 1 is 0.697 bits per heavy atom. The molecule has 0 spiro atoms. The van der Waals surface area contributed by atoms with E-state index in [2.05, 4.69) is 93.6 Å². The summed E-state index contributed by atoms with van der Waals surface area (Å²) in [5.41, 5.74) is 4.64. The van der Waals surface area contributed by atoms with Crippen LogP contribution in [0.5, 0.6) is 0 Å². The van der Waals surface area contributed by atoms with Gasteiger partial charge in [0.1, 0.15) is 0 Å². The summed E-state index contributed by atoms with van der Waals surface area (Å²) in [5.74, 6) is -0.995. The molecule has 3 aromatic carbocycles. The first-order chi connectivity index (χ1) is 16.0. The first-order valence-electron chi connectivity index (χ1n) is 12.2. The number of carboxylic acids is 1. The molecule has 3 rings (SSSR count). The Morgan fingerprint density at radius 2 is 1.09 bits per heavy atom. The van der Waals surface area contributed by atoms with E-state index in [0.29, 0.717) is 0 Å². The molecule has 0 N–H and O–H groups in total. The number of hydrogen-bond acceptors (Lipinski definition) is 2. The quantitative estimate of drug-likeness (QED) is 0.311. The molecule has 0 atom stereocenters. The zero-order valence-corrected chi connectivity index (χ0v) is 21.4. The Labute approximate surface area is 203 Å². The molecule has 0 aromatic heterocycles. The van der Waals surface area contributed by atoms with Crippen LogP contribution in [0.3, 0.4) is 0 Å². The lowest BCUT2D eigenvalue weighted by atomic mass is 9.97. The van der Waals surface area contributed by atoms with E-state index >= 15 is 0 Å². The van der Waals surface area contributed by atoms with E-state index in [-0.39, 0.29) is 17.3 Å². The molecule has 0 bridgehead atoms. The van der Waals surface area contributed by atoms with Gasteiger partial charge in [-0.1, -0.05) is 95.5 Å². The van der Waals surface area contributed by atoms with Gasteiger partial charge in [0, 0.05) is 17.1 Å². The molecule has 3 heteroatoms. The lowest BCUT2D eigenvalue weighted by Gasteiger charge is -2.17. The molecule has 0 aliphatic rings. The van der Waals surface area contributed by atoms with Gasteiger partial charge in [0.05, 0.1) is 10.9 Å². The summed E-state index contributed by atoms with van der Waals surface area (Å²) in [5, 5.41) is 9.26. The molecule has 0 fully saturated rings. The number of aryl methyl sites for hydroxylation is 3. The maximum absolute atomic E-state index is 9.26. The van der Waals surface area contributed by atoms with Gasteiger partial charge in [-0.25, -0.2) is 0 Å². The maximum atomic E-state index is 9.26. The van der Waals surface area contributed by atoms with Crippen molar-refractivity contribution in [2.45, 2.75) is 87.3 Å². The van der Waals surface area contributed by atoms with Gasteiger partial charge in [-0.15, -0.1) is 0 Å². The lowest BCUT2D eigenvalue weighted by Crippen LogP contribution is -2.19. The summed E-state index contributed by atoms with van der Waals surface area (Å²) in [6.07, 6.45) is 7.20. The maximum Gasteiger partial charge on any atom is 0.172 e. The van der Waals surface area contributed by atoms with Crippen LogP contribution < -0.4 is 5.11 Å². The van der Waals surface area contributed by atoms with Crippen LogP contribution in [0.25, 0.3) is 0 Å². The monoisotopic (exact) mass is 462 g/mol. The zero-order valence-electron chi connectivity index (χ0n) is 20.6. The average Bonchev–Trinajstić information content (AvgIpc) is 2.83. The molecule has 0 unspecified atom stereocenters. The molecular formula is C30H38O2S. The normalized spacial score (nSPS) is 10.6. The molecule has 33 heavy (non-hydrogen) atoms. The first kappa shape index (κ1) is 26.7. The minimum absolute atomic E-state index is 0.0529. The van der Waals surface area contributed by atoms with Crippen LogP contribution in [0.15, 0.2) is 87.5 Å². The smallest absolute Gasteiger partial charge is 0.172 e. The van der Waals surface area contributed by atoms with Crippen LogP contribution in [0.4, 0.5) is 0 Å². The molecule has 0 saturated heterocycles. The van der Waals surface area contributed by atoms with Crippen molar-refractivity contribution in [3.05, 3.63) is 89.5 Å². The van der Waals surface area contributed by atoms with Crippen LogP contribution in [0.2, 0.25) is 0 Å². The Kier molecular flexibility index (Phi) is 11.8. The third-order valence-corrected chi connectivity index (χ3v) is 7.75. The second-order valence-corrected chi connectivity index (χ2v) is 10.1. The second-order valence-electron chi connectivity index (χ2n) is 8.15.